The van der Waals surface area contributed by atoms with Crippen molar-refractivity contribution in [2.24, 2.45) is 0 Å². The Morgan fingerprint density at radius 3 is 2.79 bits per heavy atom. The summed E-state index contributed by atoms with van der Waals surface area (Å²) in [4.78, 5) is 21.7. The fourth-order valence-corrected chi connectivity index (χ4v) is 5.05. The third-order valence-electron chi connectivity index (χ3n) is 4.85. The number of fused-ring (bicyclic) bond motifs is 2. The molecule has 1 aliphatic heterocycles. The quantitative estimate of drug-likeness (QED) is 0.639. The molecular formula is C20H20N2OS. The van der Waals surface area contributed by atoms with Crippen molar-refractivity contribution in [2.75, 3.05) is 4.90 Å². The van der Waals surface area contributed by atoms with Crippen molar-refractivity contribution in [3.8, 4) is 0 Å². The zero-order chi connectivity index (χ0) is 17.0. The molecule has 1 aromatic carbocycles. The Hall–Kier alpha value is -2.20. The summed E-state index contributed by atoms with van der Waals surface area (Å²) in [7, 11) is 0. The number of benzene rings is 1. The van der Waals surface area contributed by atoms with Crippen molar-refractivity contribution in [1.29, 1.82) is 0 Å². The maximum absolute atomic E-state index is 13.3. The van der Waals surface area contributed by atoms with Gasteiger partial charge in [0.1, 0.15) is 4.83 Å². The number of hydrogen-bond acceptors (Lipinski definition) is 3. The average Bonchev–Trinajstić information content (AvgIpc) is 3.03. The van der Waals surface area contributed by atoms with Crippen LogP contribution < -0.4 is 4.90 Å². The SMILES string of the molecule is Cc1cc(C)c2c(C)c(C(=O)N3c4ccccc4C[C@H]3C)sc2n1. The normalized spacial score (nSPS) is 16.7. The minimum atomic E-state index is 0.102. The lowest BCUT2D eigenvalue weighted by atomic mass is 10.1. The highest BCUT2D eigenvalue weighted by atomic mass is 32.1. The van der Waals surface area contributed by atoms with E-state index in [1.807, 2.05) is 36.9 Å². The molecule has 4 heteroatoms. The van der Waals surface area contributed by atoms with E-state index in [2.05, 4.69) is 31.0 Å². The number of para-hydroxylation sites is 1. The van der Waals surface area contributed by atoms with E-state index in [4.69, 9.17) is 0 Å². The molecule has 0 bridgehead atoms. The number of aryl methyl sites for hydroxylation is 3. The van der Waals surface area contributed by atoms with E-state index in [9.17, 15) is 4.79 Å². The number of thiophene rings is 1. The number of nitrogens with zero attached hydrogens (tertiary/aromatic N) is 2. The number of anilines is 1. The molecule has 122 valence electrons. The van der Waals surface area contributed by atoms with E-state index in [0.717, 1.165) is 38.5 Å². The van der Waals surface area contributed by atoms with Crippen LogP contribution >= 0.6 is 11.3 Å². The molecule has 0 radical (unpaired) electrons. The molecule has 0 N–H and O–H groups in total. The molecule has 2 aromatic heterocycles. The van der Waals surface area contributed by atoms with E-state index in [1.165, 1.54) is 22.5 Å². The Kier molecular flexibility index (Phi) is 3.46. The van der Waals surface area contributed by atoms with E-state index < -0.39 is 0 Å². The van der Waals surface area contributed by atoms with Gasteiger partial charge in [0.2, 0.25) is 0 Å². The van der Waals surface area contributed by atoms with Crippen LogP contribution in [-0.4, -0.2) is 16.9 Å². The van der Waals surface area contributed by atoms with Crippen LogP contribution in [0.1, 0.15) is 39.0 Å². The smallest absolute Gasteiger partial charge is 0.268 e. The van der Waals surface area contributed by atoms with Crippen molar-refractivity contribution in [3.63, 3.8) is 0 Å². The summed E-state index contributed by atoms with van der Waals surface area (Å²) < 4.78 is 0. The van der Waals surface area contributed by atoms with Gasteiger partial charge in [0.25, 0.3) is 5.91 Å². The predicted molar refractivity (Wildman–Crippen MR) is 100 cm³/mol. The maximum Gasteiger partial charge on any atom is 0.268 e. The number of pyridine rings is 1. The standard InChI is InChI=1S/C20H20N2OS/c1-11-9-12(2)21-19-17(11)14(4)18(24-19)20(23)22-13(3)10-15-7-5-6-8-16(15)22/h5-9,13H,10H2,1-4H3/t13-/m1/s1. The summed E-state index contributed by atoms with van der Waals surface area (Å²) in [6, 6.07) is 10.5. The number of carbonyl (C=O) groups excluding carboxylic acids is 1. The Morgan fingerprint density at radius 1 is 1.25 bits per heavy atom. The molecule has 24 heavy (non-hydrogen) atoms. The maximum atomic E-state index is 13.3. The lowest BCUT2D eigenvalue weighted by Crippen LogP contribution is -2.35. The van der Waals surface area contributed by atoms with Crippen molar-refractivity contribution in [1.82, 2.24) is 4.98 Å². The monoisotopic (exact) mass is 336 g/mol. The predicted octanol–water partition coefficient (Wildman–Crippen LogP) is 4.81. The molecule has 1 amide bonds. The number of hydrogen-bond donors (Lipinski definition) is 0. The Labute approximate surface area is 146 Å². The van der Waals surface area contributed by atoms with Gasteiger partial charge in [-0.1, -0.05) is 18.2 Å². The topological polar surface area (TPSA) is 33.2 Å². The lowest BCUT2D eigenvalue weighted by molar-refractivity contribution is 0.0985. The summed E-state index contributed by atoms with van der Waals surface area (Å²) in [5.41, 5.74) is 5.55. The molecule has 3 aromatic rings. The molecular weight excluding hydrogens is 316 g/mol. The Balaban J connectivity index is 1.85. The highest BCUT2D eigenvalue weighted by molar-refractivity contribution is 7.20. The first-order chi connectivity index (χ1) is 11.5. The first-order valence-electron chi connectivity index (χ1n) is 8.26. The van der Waals surface area contributed by atoms with Gasteiger partial charge in [-0.3, -0.25) is 4.79 Å². The van der Waals surface area contributed by atoms with Gasteiger partial charge in [0.15, 0.2) is 0 Å². The molecule has 1 aliphatic rings. The van der Waals surface area contributed by atoms with Gasteiger partial charge in [-0.25, -0.2) is 4.98 Å². The molecule has 0 unspecified atom stereocenters. The molecule has 0 fully saturated rings. The Morgan fingerprint density at radius 2 is 2.00 bits per heavy atom. The molecule has 0 spiro atoms. The summed E-state index contributed by atoms with van der Waals surface area (Å²) in [5.74, 6) is 0.102. The third kappa shape index (κ3) is 2.17. The van der Waals surface area contributed by atoms with Gasteiger partial charge in [-0.15, -0.1) is 11.3 Å². The highest BCUT2D eigenvalue weighted by Crippen LogP contribution is 2.37. The third-order valence-corrected chi connectivity index (χ3v) is 6.02. The summed E-state index contributed by atoms with van der Waals surface area (Å²) in [5, 5.41) is 1.13. The number of rotatable bonds is 1. The molecule has 1 atom stereocenters. The second-order valence-electron chi connectivity index (χ2n) is 6.67. The summed E-state index contributed by atoms with van der Waals surface area (Å²) >= 11 is 1.52. The van der Waals surface area contributed by atoms with Gasteiger partial charge < -0.3 is 4.90 Å². The first-order valence-corrected chi connectivity index (χ1v) is 9.08. The molecule has 0 saturated carbocycles. The van der Waals surface area contributed by atoms with Crippen LogP contribution in [-0.2, 0) is 6.42 Å². The van der Waals surface area contributed by atoms with Crippen LogP contribution in [0.4, 0.5) is 5.69 Å². The van der Waals surface area contributed by atoms with Crippen LogP contribution in [0.5, 0.6) is 0 Å². The van der Waals surface area contributed by atoms with Gasteiger partial charge >= 0.3 is 0 Å². The molecule has 4 rings (SSSR count). The van der Waals surface area contributed by atoms with Crippen molar-refractivity contribution in [2.45, 2.75) is 40.2 Å². The zero-order valence-electron chi connectivity index (χ0n) is 14.4. The van der Waals surface area contributed by atoms with E-state index in [0.29, 0.717) is 0 Å². The first kappa shape index (κ1) is 15.3. The van der Waals surface area contributed by atoms with Crippen LogP contribution in [0.2, 0.25) is 0 Å². The highest BCUT2D eigenvalue weighted by Gasteiger charge is 2.33. The van der Waals surface area contributed by atoms with Crippen molar-refractivity contribution in [3.05, 3.63) is 57.6 Å². The minimum absolute atomic E-state index is 0.102. The van der Waals surface area contributed by atoms with Crippen LogP contribution in [0.3, 0.4) is 0 Å². The fraction of sp³-hybridized carbons (Fsp3) is 0.300. The number of aromatic nitrogens is 1. The van der Waals surface area contributed by atoms with Gasteiger partial charge in [0, 0.05) is 22.8 Å². The largest absolute Gasteiger partial charge is 0.304 e. The molecule has 0 aliphatic carbocycles. The van der Waals surface area contributed by atoms with Gasteiger partial charge in [-0.05, 0) is 62.9 Å². The van der Waals surface area contributed by atoms with Crippen LogP contribution in [0.25, 0.3) is 10.2 Å². The second-order valence-corrected chi connectivity index (χ2v) is 7.67. The van der Waals surface area contributed by atoms with E-state index in [-0.39, 0.29) is 11.9 Å². The average molecular weight is 336 g/mol. The lowest BCUT2D eigenvalue weighted by Gasteiger charge is -2.22. The van der Waals surface area contributed by atoms with Gasteiger partial charge in [0.05, 0.1) is 4.88 Å². The molecule has 3 heterocycles. The molecule has 3 nitrogen and oxygen atoms in total. The van der Waals surface area contributed by atoms with Gasteiger partial charge in [-0.2, -0.15) is 0 Å². The fourth-order valence-electron chi connectivity index (χ4n) is 3.81. The van der Waals surface area contributed by atoms with Crippen LogP contribution in [0, 0.1) is 20.8 Å². The molecule has 0 saturated heterocycles. The summed E-state index contributed by atoms with van der Waals surface area (Å²) in [6.07, 6.45) is 0.919. The van der Waals surface area contributed by atoms with Crippen LogP contribution in [0.15, 0.2) is 30.3 Å². The number of carbonyl (C=O) groups is 1. The minimum Gasteiger partial charge on any atom is -0.304 e. The van der Waals surface area contributed by atoms with E-state index >= 15 is 0 Å². The van der Waals surface area contributed by atoms with Crippen molar-refractivity contribution < 1.29 is 4.79 Å². The number of amides is 1. The Bertz CT molecular complexity index is 973. The van der Waals surface area contributed by atoms with E-state index in [1.54, 1.807) is 0 Å². The second kappa shape index (κ2) is 5.42. The zero-order valence-corrected chi connectivity index (χ0v) is 15.2. The van der Waals surface area contributed by atoms with Crippen molar-refractivity contribution >= 4 is 33.1 Å². The summed E-state index contributed by atoms with van der Waals surface area (Å²) in [6.45, 7) is 8.26.